The van der Waals surface area contributed by atoms with Crippen LogP contribution in [0.5, 0.6) is 0 Å². The highest BCUT2D eigenvalue weighted by Gasteiger charge is 2.41. The first-order valence-corrected chi connectivity index (χ1v) is 9.20. The van der Waals surface area contributed by atoms with E-state index < -0.39 is 0 Å². The van der Waals surface area contributed by atoms with E-state index >= 15 is 0 Å². The summed E-state index contributed by atoms with van der Waals surface area (Å²) < 4.78 is 5.57. The van der Waals surface area contributed by atoms with Crippen LogP contribution in [0.25, 0.3) is 0 Å². The molecule has 2 saturated heterocycles. The van der Waals surface area contributed by atoms with Crippen LogP contribution in [0, 0.1) is 25.7 Å². The van der Waals surface area contributed by atoms with Gasteiger partial charge in [-0.05, 0) is 25.7 Å². The Balaban J connectivity index is 1.41. The number of anilines is 1. The van der Waals surface area contributed by atoms with Gasteiger partial charge in [-0.2, -0.15) is 0 Å². The summed E-state index contributed by atoms with van der Waals surface area (Å²) in [6.07, 6.45) is 3.28. The van der Waals surface area contributed by atoms with Crippen LogP contribution in [-0.2, 0) is 6.54 Å². The van der Waals surface area contributed by atoms with Gasteiger partial charge in [0.15, 0.2) is 6.39 Å². The van der Waals surface area contributed by atoms with Crippen LogP contribution in [0.15, 0.2) is 17.1 Å². The maximum Gasteiger partial charge on any atom is 0.181 e. The van der Waals surface area contributed by atoms with Gasteiger partial charge in [0.1, 0.15) is 17.9 Å². The molecule has 0 spiro atoms. The molecule has 0 aromatic carbocycles. The first-order valence-electron chi connectivity index (χ1n) is 9.20. The minimum absolute atomic E-state index is 0.388. The topological polar surface area (TPSA) is 58.3 Å². The van der Waals surface area contributed by atoms with Gasteiger partial charge in [0.25, 0.3) is 0 Å². The van der Waals surface area contributed by atoms with Crippen molar-refractivity contribution in [2.45, 2.75) is 40.2 Å². The van der Waals surface area contributed by atoms with Crippen LogP contribution in [0.3, 0.4) is 0 Å². The number of hydrogen-bond acceptors (Lipinski definition) is 6. The van der Waals surface area contributed by atoms with Crippen LogP contribution >= 0.6 is 0 Å². The second-order valence-electron chi connectivity index (χ2n) is 7.84. The minimum atomic E-state index is 0.388. The molecule has 25 heavy (non-hydrogen) atoms. The van der Waals surface area contributed by atoms with E-state index in [2.05, 4.69) is 52.4 Å². The Morgan fingerprint density at radius 1 is 1.08 bits per heavy atom. The van der Waals surface area contributed by atoms with Crippen molar-refractivity contribution < 1.29 is 4.42 Å². The monoisotopic (exact) mass is 341 g/mol. The van der Waals surface area contributed by atoms with Crippen LogP contribution < -0.4 is 4.90 Å². The number of hydrogen-bond donors (Lipinski definition) is 0. The van der Waals surface area contributed by atoms with Crippen LogP contribution in [0.1, 0.15) is 42.5 Å². The fraction of sp³-hybridized carbons (Fsp3) is 0.632. The SMILES string of the molecule is Cc1ncnc(N2CC3CN(Cc4ncoc4C(C)C)CC3C2)c1C. The molecule has 4 rings (SSSR count). The maximum atomic E-state index is 5.57. The highest BCUT2D eigenvalue weighted by molar-refractivity contribution is 5.48. The molecular weight excluding hydrogens is 314 g/mol. The average molecular weight is 341 g/mol. The third-order valence-corrected chi connectivity index (χ3v) is 5.74. The second kappa shape index (κ2) is 6.41. The van der Waals surface area contributed by atoms with E-state index in [0.717, 1.165) is 55.7 Å². The van der Waals surface area contributed by atoms with Crippen molar-refractivity contribution in [3.63, 3.8) is 0 Å². The van der Waals surface area contributed by atoms with Gasteiger partial charge >= 0.3 is 0 Å². The number of nitrogens with zero attached hydrogens (tertiary/aromatic N) is 5. The highest BCUT2D eigenvalue weighted by Crippen LogP contribution is 2.35. The molecule has 134 valence electrons. The van der Waals surface area contributed by atoms with Crippen molar-refractivity contribution in [2.24, 2.45) is 11.8 Å². The molecule has 2 aromatic rings. The molecule has 0 saturated carbocycles. The van der Waals surface area contributed by atoms with E-state index in [1.807, 2.05) is 0 Å². The Morgan fingerprint density at radius 2 is 1.80 bits per heavy atom. The van der Waals surface area contributed by atoms with Crippen LogP contribution in [0.2, 0.25) is 0 Å². The molecule has 4 heterocycles. The Kier molecular flexibility index (Phi) is 4.23. The molecule has 6 nitrogen and oxygen atoms in total. The minimum Gasteiger partial charge on any atom is -0.448 e. The van der Waals surface area contributed by atoms with Crippen molar-refractivity contribution in [1.29, 1.82) is 0 Å². The van der Waals surface area contributed by atoms with Gasteiger partial charge in [-0.1, -0.05) is 13.8 Å². The number of fused-ring (bicyclic) bond motifs is 1. The Labute approximate surface area is 149 Å². The molecule has 0 amide bonds. The summed E-state index contributed by atoms with van der Waals surface area (Å²) in [4.78, 5) is 18.3. The third kappa shape index (κ3) is 3.03. The first kappa shape index (κ1) is 16.5. The van der Waals surface area contributed by atoms with Crippen molar-refractivity contribution in [3.05, 3.63) is 35.4 Å². The van der Waals surface area contributed by atoms with Crippen molar-refractivity contribution in [3.8, 4) is 0 Å². The first-order chi connectivity index (χ1) is 12.0. The van der Waals surface area contributed by atoms with Gasteiger partial charge in [-0.3, -0.25) is 4.90 Å². The zero-order valence-electron chi connectivity index (χ0n) is 15.6. The molecule has 6 heteroatoms. The molecule has 2 atom stereocenters. The molecule has 0 aliphatic carbocycles. The largest absolute Gasteiger partial charge is 0.448 e. The van der Waals surface area contributed by atoms with Gasteiger partial charge in [0.2, 0.25) is 0 Å². The molecule has 0 N–H and O–H groups in total. The zero-order chi connectivity index (χ0) is 17.6. The standard InChI is InChI=1S/C19H27N5O/c1-12(2)18-17(22-11-25-18)9-23-5-15-7-24(8-16(15)6-23)19-13(3)14(4)20-10-21-19/h10-12,15-16H,5-9H2,1-4H3. The van der Waals surface area contributed by atoms with Gasteiger partial charge in [-0.25, -0.2) is 15.0 Å². The molecular formula is C19H27N5O. The zero-order valence-corrected chi connectivity index (χ0v) is 15.6. The quantitative estimate of drug-likeness (QED) is 0.852. The van der Waals surface area contributed by atoms with Gasteiger partial charge in [-0.15, -0.1) is 0 Å². The normalized spacial score (nSPS) is 23.6. The predicted octanol–water partition coefficient (Wildman–Crippen LogP) is 2.77. The molecule has 0 bridgehead atoms. The summed E-state index contributed by atoms with van der Waals surface area (Å²) in [5, 5.41) is 0. The fourth-order valence-electron chi connectivity index (χ4n) is 4.31. The van der Waals surface area contributed by atoms with E-state index in [4.69, 9.17) is 4.42 Å². The number of aryl methyl sites for hydroxylation is 1. The lowest BCUT2D eigenvalue weighted by Gasteiger charge is -2.23. The van der Waals surface area contributed by atoms with E-state index in [0.29, 0.717) is 17.8 Å². The summed E-state index contributed by atoms with van der Waals surface area (Å²) in [6, 6.07) is 0. The van der Waals surface area contributed by atoms with E-state index in [1.54, 1.807) is 12.7 Å². The van der Waals surface area contributed by atoms with Crippen LogP contribution in [-0.4, -0.2) is 46.0 Å². The Morgan fingerprint density at radius 3 is 2.48 bits per heavy atom. The Hall–Kier alpha value is -1.95. The summed E-state index contributed by atoms with van der Waals surface area (Å²) in [6.45, 7) is 13.9. The van der Waals surface area contributed by atoms with Gasteiger partial charge < -0.3 is 9.32 Å². The lowest BCUT2D eigenvalue weighted by molar-refractivity contribution is 0.302. The van der Waals surface area contributed by atoms with E-state index in [1.165, 1.54) is 5.56 Å². The van der Waals surface area contributed by atoms with Gasteiger partial charge in [0, 0.05) is 49.9 Å². The lowest BCUT2D eigenvalue weighted by Crippen LogP contribution is -2.30. The van der Waals surface area contributed by atoms with E-state index in [9.17, 15) is 0 Å². The summed E-state index contributed by atoms with van der Waals surface area (Å²) >= 11 is 0. The molecule has 0 radical (unpaired) electrons. The molecule has 2 aromatic heterocycles. The smallest absolute Gasteiger partial charge is 0.181 e. The lowest BCUT2D eigenvalue weighted by atomic mass is 10.0. The van der Waals surface area contributed by atoms with Gasteiger partial charge in [0.05, 0.1) is 5.69 Å². The molecule has 2 fully saturated rings. The summed E-state index contributed by atoms with van der Waals surface area (Å²) in [5.41, 5.74) is 3.40. The predicted molar refractivity (Wildman–Crippen MR) is 96.6 cm³/mol. The number of likely N-dealkylation sites (tertiary alicyclic amines) is 1. The number of aromatic nitrogens is 3. The highest BCUT2D eigenvalue weighted by atomic mass is 16.3. The van der Waals surface area contributed by atoms with Crippen molar-refractivity contribution in [2.75, 3.05) is 31.1 Å². The van der Waals surface area contributed by atoms with Crippen molar-refractivity contribution in [1.82, 2.24) is 19.9 Å². The molecule has 2 aliphatic heterocycles. The Bertz CT molecular complexity index is 742. The van der Waals surface area contributed by atoms with Crippen LogP contribution in [0.4, 0.5) is 5.82 Å². The molecule has 2 aliphatic rings. The fourth-order valence-corrected chi connectivity index (χ4v) is 4.31. The average Bonchev–Trinajstić information content (AvgIpc) is 3.24. The number of rotatable bonds is 4. The summed E-state index contributed by atoms with van der Waals surface area (Å²) in [5.74, 6) is 3.96. The third-order valence-electron chi connectivity index (χ3n) is 5.74. The maximum absolute atomic E-state index is 5.57. The number of oxazole rings is 1. The van der Waals surface area contributed by atoms with E-state index in [-0.39, 0.29) is 0 Å². The second-order valence-corrected chi connectivity index (χ2v) is 7.84. The van der Waals surface area contributed by atoms with Crippen molar-refractivity contribution >= 4 is 5.82 Å². The molecule has 2 unspecified atom stereocenters. The summed E-state index contributed by atoms with van der Waals surface area (Å²) in [7, 11) is 0.